The highest BCUT2D eigenvalue weighted by molar-refractivity contribution is 9.10. The van der Waals surface area contributed by atoms with Gasteiger partial charge in [-0.1, -0.05) is 22.9 Å². The van der Waals surface area contributed by atoms with Gasteiger partial charge in [-0.05, 0) is 62.0 Å². The molecule has 0 aromatic heterocycles. The molecule has 2 rings (SSSR count). The van der Waals surface area contributed by atoms with E-state index in [1.807, 2.05) is 25.1 Å². The standard InChI is InChI=1S/C16H24BrN3O/c1-11-5-6-20(9-13(11)8-18)10-16(21)19-15-4-3-14(17)7-12(15)2/h3-4,7,11,13H,5-6,8-10,18H2,1-2H3,(H,19,21). The minimum atomic E-state index is 0.0470. The Kier molecular flexibility index (Phi) is 5.79. The second-order valence-corrected chi connectivity index (χ2v) is 6.92. The van der Waals surface area contributed by atoms with Crippen LogP contribution < -0.4 is 11.1 Å². The number of hydrogen-bond acceptors (Lipinski definition) is 3. The fourth-order valence-corrected chi connectivity index (χ4v) is 3.31. The highest BCUT2D eigenvalue weighted by atomic mass is 79.9. The third kappa shape index (κ3) is 4.53. The van der Waals surface area contributed by atoms with Crippen LogP contribution in [0.1, 0.15) is 18.9 Å². The Balaban J connectivity index is 1.90. The van der Waals surface area contributed by atoms with Gasteiger partial charge in [0.25, 0.3) is 0 Å². The Bertz CT molecular complexity index is 506. The predicted octanol–water partition coefficient (Wildman–Crippen LogP) is 2.61. The van der Waals surface area contributed by atoms with Crippen molar-refractivity contribution in [2.45, 2.75) is 20.3 Å². The molecule has 1 heterocycles. The lowest BCUT2D eigenvalue weighted by molar-refractivity contribution is -0.117. The van der Waals surface area contributed by atoms with Crippen LogP contribution in [0, 0.1) is 18.8 Å². The van der Waals surface area contributed by atoms with E-state index in [0.717, 1.165) is 35.2 Å². The van der Waals surface area contributed by atoms with Crippen molar-refractivity contribution in [3.63, 3.8) is 0 Å². The number of carbonyl (C=O) groups excluding carboxylic acids is 1. The highest BCUT2D eigenvalue weighted by Crippen LogP contribution is 2.23. The Morgan fingerprint density at radius 1 is 1.52 bits per heavy atom. The molecule has 0 aliphatic carbocycles. The van der Waals surface area contributed by atoms with Crippen LogP contribution in [0.25, 0.3) is 0 Å². The van der Waals surface area contributed by atoms with Crippen LogP contribution in [0.4, 0.5) is 5.69 Å². The molecule has 0 saturated carbocycles. The van der Waals surface area contributed by atoms with E-state index in [2.05, 4.69) is 33.1 Å². The molecule has 1 aliphatic heterocycles. The van der Waals surface area contributed by atoms with E-state index in [1.54, 1.807) is 0 Å². The number of nitrogens with zero attached hydrogens (tertiary/aromatic N) is 1. The first kappa shape index (κ1) is 16.5. The van der Waals surface area contributed by atoms with E-state index >= 15 is 0 Å². The molecule has 2 atom stereocenters. The van der Waals surface area contributed by atoms with Gasteiger partial charge in [-0.3, -0.25) is 9.69 Å². The molecule has 2 unspecified atom stereocenters. The zero-order valence-electron chi connectivity index (χ0n) is 12.7. The molecule has 1 amide bonds. The number of rotatable bonds is 4. The number of benzene rings is 1. The third-order valence-electron chi connectivity index (χ3n) is 4.33. The normalized spacial score (nSPS) is 23.0. The lowest BCUT2D eigenvalue weighted by Crippen LogP contribution is -2.45. The quantitative estimate of drug-likeness (QED) is 0.874. The zero-order valence-corrected chi connectivity index (χ0v) is 14.3. The van der Waals surface area contributed by atoms with E-state index < -0.39 is 0 Å². The highest BCUT2D eigenvalue weighted by Gasteiger charge is 2.26. The molecule has 1 saturated heterocycles. The summed E-state index contributed by atoms with van der Waals surface area (Å²) in [7, 11) is 0. The van der Waals surface area contributed by atoms with Crippen molar-refractivity contribution in [1.82, 2.24) is 4.90 Å². The molecule has 1 aromatic carbocycles. The van der Waals surface area contributed by atoms with Gasteiger partial charge < -0.3 is 11.1 Å². The number of aryl methyl sites for hydroxylation is 1. The minimum absolute atomic E-state index is 0.0470. The first-order chi connectivity index (χ1) is 9.99. The van der Waals surface area contributed by atoms with E-state index in [4.69, 9.17) is 5.73 Å². The Hall–Kier alpha value is -0.910. The van der Waals surface area contributed by atoms with E-state index in [1.165, 1.54) is 0 Å². The van der Waals surface area contributed by atoms with Crippen LogP contribution in [0.5, 0.6) is 0 Å². The molecule has 116 valence electrons. The molecule has 4 nitrogen and oxygen atoms in total. The smallest absolute Gasteiger partial charge is 0.238 e. The number of anilines is 1. The molecular weight excluding hydrogens is 330 g/mol. The number of halogens is 1. The van der Waals surface area contributed by atoms with Crippen molar-refractivity contribution in [2.75, 3.05) is 31.5 Å². The first-order valence-corrected chi connectivity index (χ1v) is 8.27. The fraction of sp³-hybridized carbons (Fsp3) is 0.562. The molecule has 1 fully saturated rings. The van der Waals surface area contributed by atoms with Gasteiger partial charge in [0.2, 0.25) is 5.91 Å². The molecule has 3 N–H and O–H groups in total. The van der Waals surface area contributed by atoms with Gasteiger partial charge in [0, 0.05) is 16.7 Å². The Labute approximate surface area is 135 Å². The summed E-state index contributed by atoms with van der Waals surface area (Å²) in [5.74, 6) is 1.20. The average molecular weight is 354 g/mol. The lowest BCUT2D eigenvalue weighted by Gasteiger charge is -2.36. The topological polar surface area (TPSA) is 58.4 Å². The lowest BCUT2D eigenvalue weighted by atomic mass is 9.87. The van der Waals surface area contributed by atoms with Crippen molar-refractivity contribution in [1.29, 1.82) is 0 Å². The van der Waals surface area contributed by atoms with Crippen LogP contribution >= 0.6 is 15.9 Å². The number of likely N-dealkylation sites (tertiary alicyclic amines) is 1. The molecule has 0 radical (unpaired) electrons. The van der Waals surface area contributed by atoms with Gasteiger partial charge in [0.1, 0.15) is 0 Å². The summed E-state index contributed by atoms with van der Waals surface area (Å²) in [4.78, 5) is 14.4. The number of carbonyl (C=O) groups is 1. The van der Waals surface area contributed by atoms with Gasteiger partial charge in [0.15, 0.2) is 0 Å². The SMILES string of the molecule is Cc1cc(Br)ccc1NC(=O)CN1CCC(C)C(CN)C1. The number of hydrogen-bond donors (Lipinski definition) is 2. The van der Waals surface area contributed by atoms with Crippen molar-refractivity contribution >= 4 is 27.5 Å². The first-order valence-electron chi connectivity index (χ1n) is 7.48. The van der Waals surface area contributed by atoms with Crippen LogP contribution in [-0.2, 0) is 4.79 Å². The molecule has 1 aromatic rings. The maximum atomic E-state index is 12.2. The minimum Gasteiger partial charge on any atom is -0.330 e. The maximum absolute atomic E-state index is 12.2. The number of nitrogens with one attached hydrogen (secondary N) is 1. The molecular formula is C16H24BrN3O. The monoisotopic (exact) mass is 353 g/mol. The number of piperidine rings is 1. The van der Waals surface area contributed by atoms with E-state index in [-0.39, 0.29) is 5.91 Å². The van der Waals surface area contributed by atoms with Crippen molar-refractivity contribution in [3.8, 4) is 0 Å². The predicted molar refractivity (Wildman–Crippen MR) is 90.3 cm³/mol. The van der Waals surface area contributed by atoms with Crippen LogP contribution in [0.3, 0.4) is 0 Å². The molecule has 21 heavy (non-hydrogen) atoms. The summed E-state index contributed by atoms with van der Waals surface area (Å²) in [6.45, 7) is 7.28. The summed E-state index contributed by atoms with van der Waals surface area (Å²) in [5.41, 5.74) is 7.75. The summed E-state index contributed by atoms with van der Waals surface area (Å²) < 4.78 is 1.02. The summed E-state index contributed by atoms with van der Waals surface area (Å²) >= 11 is 3.43. The molecule has 0 bridgehead atoms. The molecule has 1 aliphatic rings. The van der Waals surface area contributed by atoms with Crippen LogP contribution in [-0.4, -0.2) is 37.0 Å². The van der Waals surface area contributed by atoms with Crippen LogP contribution in [0.2, 0.25) is 0 Å². The van der Waals surface area contributed by atoms with Crippen LogP contribution in [0.15, 0.2) is 22.7 Å². The zero-order chi connectivity index (χ0) is 15.4. The third-order valence-corrected chi connectivity index (χ3v) is 4.82. The van der Waals surface area contributed by atoms with Gasteiger partial charge >= 0.3 is 0 Å². The van der Waals surface area contributed by atoms with Gasteiger partial charge in [0.05, 0.1) is 6.54 Å². The van der Waals surface area contributed by atoms with Crippen molar-refractivity contribution in [2.24, 2.45) is 17.6 Å². The molecule has 0 spiro atoms. The summed E-state index contributed by atoms with van der Waals surface area (Å²) in [5, 5.41) is 3.00. The second kappa shape index (κ2) is 7.38. The van der Waals surface area contributed by atoms with Crippen molar-refractivity contribution in [3.05, 3.63) is 28.2 Å². The average Bonchev–Trinajstić information content (AvgIpc) is 2.44. The van der Waals surface area contributed by atoms with Gasteiger partial charge in [-0.15, -0.1) is 0 Å². The van der Waals surface area contributed by atoms with Gasteiger partial charge in [-0.25, -0.2) is 0 Å². The number of amides is 1. The van der Waals surface area contributed by atoms with Gasteiger partial charge in [-0.2, -0.15) is 0 Å². The fourth-order valence-electron chi connectivity index (χ4n) is 2.84. The number of nitrogens with two attached hydrogens (primary N) is 1. The van der Waals surface area contributed by atoms with E-state index in [0.29, 0.717) is 24.9 Å². The largest absolute Gasteiger partial charge is 0.330 e. The second-order valence-electron chi connectivity index (χ2n) is 6.00. The molecule has 5 heteroatoms. The summed E-state index contributed by atoms with van der Waals surface area (Å²) in [6, 6.07) is 5.87. The van der Waals surface area contributed by atoms with E-state index in [9.17, 15) is 4.79 Å². The maximum Gasteiger partial charge on any atom is 0.238 e. The van der Waals surface area contributed by atoms with Crippen molar-refractivity contribution < 1.29 is 4.79 Å². The Morgan fingerprint density at radius 3 is 2.95 bits per heavy atom. The Morgan fingerprint density at radius 2 is 2.29 bits per heavy atom. The summed E-state index contributed by atoms with van der Waals surface area (Å²) in [6.07, 6.45) is 1.12.